The molecule has 0 heterocycles. The van der Waals surface area contributed by atoms with Crippen LogP contribution in [0, 0.1) is 0 Å². The van der Waals surface area contributed by atoms with Crippen molar-refractivity contribution in [3.05, 3.63) is 0 Å². The molecule has 0 unspecified atom stereocenters. The molecule has 116 valence electrons. The van der Waals surface area contributed by atoms with Crippen molar-refractivity contribution in [2.75, 3.05) is 19.6 Å². The summed E-state index contributed by atoms with van der Waals surface area (Å²) >= 11 is 0. The minimum atomic E-state index is 0.762. The molecule has 2 nitrogen and oxygen atoms in total. The lowest BCUT2D eigenvalue weighted by Gasteiger charge is -2.04. The molecule has 0 saturated heterocycles. The van der Waals surface area contributed by atoms with E-state index in [1.54, 1.807) is 0 Å². The van der Waals surface area contributed by atoms with Gasteiger partial charge in [-0.05, 0) is 13.0 Å². The van der Waals surface area contributed by atoms with Crippen molar-refractivity contribution < 1.29 is 0 Å². The van der Waals surface area contributed by atoms with Crippen LogP contribution in [0.5, 0.6) is 0 Å². The molecule has 0 rings (SSSR count). The summed E-state index contributed by atoms with van der Waals surface area (Å²) in [5, 5.41) is 3.35. The molecule has 0 aromatic carbocycles. The van der Waals surface area contributed by atoms with E-state index < -0.39 is 0 Å². The monoisotopic (exact) mass is 270 g/mol. The number of nitrogens with two attached hydrogens (primary N) is 1. The molecule has 0 aliphatic rings. The van der Waals surface area contributed by atoms with Crippen LogP contribution in [0.3, 0.4) is 0 Å². The second-order valence-corrected chi connectivity index (χ2v) is 5.78. The zero-order chi connectivity index (χ0) is 14.0. The summed E-state index contributed by atoms with van der Waals surface area (Å²) < 4.78 is 0. The van der Waals surface area contributed by atoms with E-state index in [1.165, 1.54) is 83.5 Å². The molecule has 0 aliphatic carbocycles. The van der Waals surface area contributed by atoms with Crippen molar-refractivity contribution in [3.8, 4) is 0 Å². The first-order valence-corrected chi connectivity index (χ1v) is 8.82. The van der Waals surface area contributed by atoms with Crippen LogP contribution >= 0.6 is 0 Å². The Labute approximate surface area is 121 Å². The molecule has 0 aliphatic heterocycles. The summed E-state index contributed by atoms with van der Waals surface area (Å²) in [5.41, 5.74) is 5.42. The zero-order valence-corrected chi connectivity index (χ0v) is 13.4. The summed E-state index contributed by atoms with van der Waals surface area (Å²) in [7, 11) is 0. The highest BCUT2D eigenvalue weighted by Gasteiger charge is 1.93. The van der Waals surface area contributed by atoms with Crippen molar-refractivity contribution in [2.45, 2.75) is 90.4 Å². The second-order valence-electron chi connectivity index (χ2n) is 5.78. The smallest absolute Gasteiger partial charge is 0.00745 e. The van der Waals surface area contributed by atoms with Gasteiger partial charge in [0.25, 0.3) is 0 Å². The maximum absolute atomic E-state index is 5.42. The van der Waals surface area contributed by atoms with E-state index in [9.17, 15) is 0 Å². The summed E-state index contributed by atoms with van der Waals surface area (Å²) in [6.07, 6.45) is 18.6. The van der Waals surface area contributed by atoms with Gasteiger partial charge >= 0.3 is 0 Å². The molecule has 19 heavy (non-hydrogen) atoms. The standard InChI is InChI=1S/C17H38N2/c1-2-3-4-5-6-7-8-9-10-11-12-13-14-16-19-17-15-18/h19H,2-18H2,1H3. The van der Waals surface area contributed by atoms with E-state index in [0.717, 1.165) is 19.6 Å². The molecule has 0 bridgehead atoms. The van der Waals surface area contributed by atoms with E-state index in [-0.39, 0.29) is 0 Å². The SMILES string of the molecule is CCCCCCCCCCCCCCCNCCN. The van der Waals surface area contributed by atoms with E-state index in [4.69, 9.17) is 5.73 Å². The van der Waals surface area contributed by atoms with Crippen molar-refractivity contribution in [2.24, 2.45) is 5.73 Å². The second kappa shape index (κ2) is 17.9. The lowest BCUT2D eigenvalue weighted by Crippen LogP contribution is -2.23. The first kappa shape index (κ1) is 18.9. The molecule has 3 N–H and O–H groups in total. The third kappa shape index (κ3) is 17.9. The Hall–Kier alpha value is -0.0800. The fourth-order valence-corrected chi connectivity index (χ4v) is 2.49. The van der Waals surface area contributed by atoms with Crippen LogP contribution in [0.25, 0.3) is 0 Å². The average Bonchev–Trinajstić information content (AvgIpc) is 2.43. The quantitative estimate of drug-likeness (QED) is 0.401. The maximum atomic E-state index is 5.42. The Morgan fingerprint density at radius 2 is 1.00 bits per heavy atom. The first-order chi connectivity index (χ1) is 9.41. The van der Waals surface area contributed by atoms with Crippen LogP contribution in [-0.2, 0) is 0 Å². The Morgan fingerprint density at radius 1 is 0.579 bits per heavy atom. The summed E-state index contributed by atoms with van der Waals surface area (Å²) in [6, 6.07) is 0. The van der Waals surface area contributed by atoms with Gasteiger partial charge in [0.05, 0.1) is 0 Å². The number of hydrogen-bond donors (Lipinski definition) is 2. The molecular formula is C17H38N2. The van der Waals surface area contributed by atoms with Crippen molar-refractivity contribution >= 4 is 0 Å². The van der Waals surface area contributed by atoms with Gasteiger partial charge in [-0.25, -0.2) is 0 Å². The minimum Gasteiger partial charge on any atom is -0.329 e. The number of hydrogen-bond acceptors (Lipinski definition) is 2. The molecule has 0 aromatic heterocycles. The lowest BCUT2D eigenvalue weighted by atomic mass is 10.0. The van der Waals surface area contributed by atoms with Crippen molar-refractivity contribution in [1.82, 2.24) is 5.32 Å². The fourth-order valence-electron chi connectivity index (χ4n) is 2.49. The van der Waals surface area contributed by atoms with Gasteiger partial charge < -0.3 is 11.1 Å². The minimum absolute atomic E-state index is 0.762. The van der Waals surface area contributed by atoms with Crippen LogP contribution in [0.4, 0.5) is 0 Å². The number of nitrogens with one attached hydrogen (secondary N) is 1. The topological polar surface area (TPSA) is 38.0 Å². The molecule has 0 spiro atoms. The summed E-state index contributed by atoms with van der Waals surface area (Å²) in [5.74, 6) is 0. The van der Waals surface area contributed by atoms with E-state index in [2.05, 4.69) is 12.2 Å². The largest absolute Gasteiger partial charge is 0.329 e. The predicted octanol–water partition coefficient (Wildman–Crippen LogP) is 4.63. The molecule has 0 aromatic rings. The van der Waals surface area contributed by atoms with Gasteiger partial charge in [0, 0.05) is 13.1 Å². The molecule has 0 radical (unpaired) electrons. The predicted molar refractivity (Wildman–Crippen MR) is 87.6 cm³/mol. The van der Waals surface area contributed by atoms with Crippen LogP contribution in [0.2, 0.25) is 0 Å². The van der Waals surface area contributed by atoms with Gasteiger partial charge in [0.1, 0.15) is 0 Å². The van der Waals surface area contributed by atoms with Crippen LogP contribution in [0.15, 0.2) is 0 Å². The molecule has 0 amide bonds. The first-order valence-electron chi connectivity index (χ1n) is 8.82. The summed E-state index contributed by atoms with van der Waals surface area (Å²) in [4.78, 5) is 0. The third-order valence-electron chi connectivity index (χ3n) is 3.78. The van der Waals surface area contributed by atoms with Gasteiger partial charge in [-0.1, -0.05) is 84.0 Å². The highest BCUT2D eigenvalue weighted by atomic mass is 14.9. The van der Waals surface area contributed by atoms with Crippen molar-refractivity contribution in [3.63, 3.8) is 0 Å². The Morgan fingerprint density at radius 3 is 1.42 bits per heavy atom. The van der Waals surface area contributed by atoms with Gasteiger partial charge in [0.2, 0.25) is 0 Å². The fraction of sp³-hybridized carbons (Fsp3) is 1.00. The van der Waals surface area contributed by atoms with E-state index in [0.29, 0.717) is 0 Å². The number of rotatable bonds is 16. The Bertz CT molecular complexity index is 132. The highest BCUT2D eigenvalue weighted by Crippen LogP contribution is 2.12. The Balaban J connectivity index is 2.88. The normalized spacial score (nSPS) is 11.1. The van der Waals surface area contributed by atoms with Crippen molar-refractivity contribution in [1.29, 1.82) is 0 Å². The maximum Gasteiger partial charge on any atom is 0.00745 e. The van der Waals surface area contributed by atoms with E-state index in [1.807, 2.05) is 0 Å². The third-order valence-corrected chi connectivity index (χ3v) is 3.78. The average molecular weight is 271 g/mol. The molecule has 0 atom stereocenters. The molecule has 0 saturated carbocycles. The summed E-state index contributed by atoms with van der Waals surface area (Å²) in [6.45, 7) is 5.17. The highest BCUT2D eigenvalue weighted by molar-refractivity contribution is 4.51. The van der Waals surface area contributed by atoms with Crippen LogP contribution < -0.4 is 11.1 Å². The Kier molecular flexibility index (Phi) is 17.8. The lowest BCUT2D eigenvalue weighted by molar-refractivity contribution is 0.533. The number of unbranched alkanes of at least 4 members (excludes halogenated alkanes) is 12. The van der Waals surface area contributed by atoms with Gasteiger partial charge in [-0.15, -0.1) is 0 Å². The molecule has 2 heteroatoms. The van der Waals surface area contributed by atoms with Gasteiger partial charge in [0.15, 0.2) is 0 Å². The zero-order valence-electron chi connectivity index (χ0n) is 13.4. The van der Waals surface area contributed by atoms with Gasteiger partial charge in [-0.3, -0.25) is 0 Å². The van der Waals surface area contributed by atoms with Crippen LogP contribution in [-0.4, -0.2) is 19.6 Å². The van der Waals surface area contributed by atoms with E-state index >= 15 is 0 Å². The molecule has 0 fully saturated rings. The van der Waals surface area contributed by atoms with Crippen LogP contribution in [0.1, 0.15) is 90.4 Å². The van der Waals surface area contributed by atoms with Gasteiger partial charge in [-0.2, -0.15) is 0 Å². The molecular weight excluding hydrogens is 232 g/mol.